The van der Waals surface area contributed by atoms with E-state index in [2.05, 4.69) is 4.98 Å². The molecule has 1 aromatic rings. The number of alkyl halides is 2. The fourth-order valence-electron chi connectivity index (χ4n) is 0.878. The Balaban J connectivity index is 2.35. The Morgan fingerprint density at radius 1 is 1.55 bits per heavy atom. The van der Waals surface area contributed by atoms with Crippen molar-refractivity contribution in [3.63, 3.8) is 0 Å². The van der Waals surface area contributed by atoms with Crippen LogP contribution in [0.25, 0.3) is 0 Å². The number of aromatic nitrogens is 1. The number of halogens is 2. The summed E-state index contributed by atoms with van der Waals surface area (Å²) < 4.78 is 24.6. The van der Waals surface area contributed by atoms with Gasteiger partial charge in [-0.1, -0.05) is 0 Å². The summed E-state index contributed by atoms with van der Waals surface area (Å²) in [7, 11) is 0. The molecule has 0 fully saturated rings. The minimum Gasteiger partial charge on any atom is -0.367 e. The molecule has 0 saturated carbocycles. The van der Waals surface area contributed by atoms with Gasteiger partial charge in [0.25, 0.3) is 0 Å². The lowest BCUT2D eigenvalue weighted by atomic mass is 10.1. The van der Waals surface area contributed by atoms with Gasteiger partial charge in [0, 0.05) is 18.8 Å². The first-order chi connectivity index (χ1) is 5.08. The lowest BCUT2D eigenvalue weighted by Crippen LogP contribution is -2.10. The predicted octanol–water partition coefficient (Wildman–Crippen LogP) is 2.60. The SMILES string of the molecule is CC(F)(F)CCc1cc[nH]c1. The molecule has 1 rings (SSSR count). The third-order valence-corrected chi connectivity index (χ3v) is 1.52. The van der Waals surface area contributed by atoms with Crippen molar-refractivity contribution >= 4 is 0 Å². The Morgan fingerprint density at radius 3 is 2.73 bits per heavy atom. The van der Waals surface area contributed by atoms with Gasteiger partial charge in [-0.25, -0.2) is 8.78 Å². The summed E-state index contributed by atoms with van der Waals surface area (Å²) in [5, 5.41) is 0. The van der Waals surface area contributed by atoms with Crippen molar-refractivity contribution in [1.29, 1.82) is 0 Å². The van der Waals surface area contributed by atoms with Crippen LogP contribution in [0.2, 0.25) is 0 Å². The Kier molecular flexibility index (Phi) is 2.27. The molecule has 0 atom stereocenters. The molecule has 0 unspecified atom stereocenters. The van der Waals surface area contributed by atoms with Crippen LogP contribution >= 0.6 is 0 Å². The molecule has 0 aliphatic carbocycles. The van der Waals surface area contributed by atoms with Gasteiger partial charge in [0.1, 0.15) is 0 Å². The summed E-state index contributed by atoms with van der Waals surface area (Å²) in [6.07, 6.45) is 3.84. The highest BCUT2D eigenvalue weighted by Crippen LogP contribution is 2.19. The Bertz CT molecular complexity index is 198. The maximum Gasteiger partial charge on any atom is 0.245 e. The van der Waals surface area contributed by atoms with Crippen molar-refractivity contribution in [3.8, 4) is 0 Å². The van der Waals surface area contributed by atoms with E-state index in [1.54, 1.807) is 12.4 Å². The second-order valence-electron chi connectivity index (χ2n) is 2.79. The van der Waals surface area contributed by atoms with Crippen molar-refractivity contribution in [3.05, 3.63) is 24.0 Å². The van der Waals surface area contributed by atoms with Gasteiger partial charge in [-0.3, -0.25) is 0 Å². The second kappa shape index (κ2) is 3.03. The van der Waals surface area contributed by atoms with E-state index in [0.29, 0.717) is 6.42 Å². The first kappa shape index (κ1) is 8.24. The van der Waals surface area contributed by atoms with E-state index < -0.39 is 5.92 Å². The molecule has 0 aliphatic heterocycles. The molecule has 0 spiro atoms. The molecule has 0 aliphatic rings. The van der Waals surface area contributed by atoms with Crippen LogP contribution in [0.15, 0.2) is 18.5 Å². The van der Waals surface area contributed by atoms with Crippen LogP contribution < -0.4 is 0 Å². The molecule has 0 radical (unpaired) electrons. The quantitative estimate of drug-likeness (QED) is 0.697. The van der Waals surface area contributed by atoms with Crippen LogP contribution in [-0.4, -0.2) is 10.9 Å². The maximum absolute atomic E-state index is 12.3. The van der Waals surface area contributed by atoms with Crippen LogP contribution in [0.1, 0.15) is 18.9 Å². The van der Waals surface area contributed by atoms with Crippen molar-refractivity contribution < 1.29 is 8.78 Å². The molecular formula is C8H11F2N. The number of aromatic amines is 1. The molecular weight excluding hydrogens is 148 g/mol. The minimum atomic E-state index is -2.54. The molecule has 1 nitrogen and oxygen atoms in total. The van der Waals surface area contributed by atoms with Crippen LogP contribution in [0.4, 0.5) is 8.78 Å². The first-order valence-electron chi connectivity index (χ1n) is 3.57. The largest absolute Gasteiger partial charge is 0.367 e. The summed E-state index contributed by atoms with van der Waals surface area (Å²) in [6, 6.07) is 1.81. The smallest absolute Gasteiger partial charge is 0.245 e. The lowest BCUT2D eigenvalue weighted by molar-refractivity contribution is 0.0133. The summed E-state index contributed by atoms with van der Waals surface area (Å²) in [5.74, 6) is -2.54. The molecule has 1 aromatic heterocycles. The zero-order chi connectivity index (χ0) is 8.32. The fraction of sp³-hybridized carbons (Fsp3) is 0.500. The van der Waals surface area contributed by atoms with Gasteiger partial charge in [-0.15, -0.1) is 0 Å². The van der Waals surface area contributed by atoms with Crippen LogP contribution in [0, 0.1) is 0 Å². The molecule has 0 amide bonds. The van der Waals surface area contributed by atoms with Crippen LogP contribution in [0.3, 0.4) is 0 Å². The summed E-state index contributed by atoms with van der Waals surface area (Å²) >= 11 is 0. The van der Waals surface area contributed by atoms with Crippen molar-refractivity contribution in [2.75, 3.05) is 0 Å². The molecule has 0 bridgehead atoms. The van der Waals surface area contributed by atoms with Gasteiger partial charge in [-0.2, -0.15) is 0 Å². The van der Waals surface area contributed by atoms with Gasteiger partial charge < -0.3 is 4.98 Å². The second-order valence-corrected chi connectivity index (χ2v) is 2.79. The molecule has 0 saturated heterocycles. The van der Waals surface area contributed by atoms with E-state index in [1.807, 2.05) is 6.07 Å². The van der Waals surface area contributed by atoms with Gasteiger partial charge in [0.2, 0.25) is 5.92 Å². The Hall–Kier alpha value is -0.860. The molecule has 1 N–H and O–H groups in total. The number of rotatable bonds is 3. The highest BCUT2D eigenvalue weighted by atomic mass is 19.3. The average Bonchev–Trinajstić information content (AvgIpc) is 2.32. The third-order valence-electron chi connectivity index (χ3n) is 1.52. The van der Waals surface area contributed by atoms with E-state index >= 15 is 0 Å². The molecule has 3 heteroatoms. The molecule has 62 valence electrons. The standard InChI is InChI=1S/C8H11F2N/c1-8(9,10)4-2-7-3-5-11-6-7/h3,5-6,11H,2,4H2,1H3. The Morgan fingerprint density at radius 2 is 2.27 bits per heavy atom. The van der Waals surface area contributed by atoms with E-state index in [1.165, 1.54) is 0 Å². The van der Waals surface area contributed by atoms with Crippen LogP contribution in [0.5, 0.6) is 0 Å². The normalized spacial score (nSPS) is 11.9. The minimum absolute atomic E-state index is 0.0785. The average molecular weight is 159 g/mol. The monoisotopic (exact) mass is 159 g/mol. The number of hydrogen-bond acceptors (Lipinski definition) is 0. The fourth-order valence-corrected chi connectivity index (χ4v) is 0.878. The van der Waals surface area contributed by atoms with Gasteiger partial charge in [-0.05, 0) is 25.0 Å². The first-order valence-corrected chi connectivity index (χ1v) is 3.57. The van der Waals surface area contributed by atoms with E-state index in [0.717, 1.165) is 12.5 Å². The summed E-state index contributed by atoms with van der Waals surface area (Å²) in [4.78, 5) is 2.82. The van der Waals surface area contributed by atoms with Crippen LogP contribution in [-0.2, 0) is 6.42 Å². The van der Waals surface area contributed by atoms with Gasteiger partial charge in [0.15, 0.2) is 0 Å². The Labute approximate surface area is 64.4 Å². The third kappa shape index (κ3) is 3.16. The van der Waals surface area contributed by atoms with E-state index in [-0.39, 0.29) is 6.42 Å². The van der Waals surface area contributed by atoms with Crippen molar-refractivity contribution in [1.82, 2.24) is 4.98 Å². The van der Waals surface area contributed by atoms with Crippen molar-refractivity contribution in [2.45, 2.75) is 25.7 Å². The zero-order valence-corrected chi connectivity index (χ0v) is 6.40. The number of nitrogens with one attached hydrogen (secondary N) is 1. The number of H-pyrrole nitrogens is 1. The summed E-state index contributed by atoms with van der Waals surface area (Å²) in [5.41, 5.74) is 0.937. The van der Waals surface area contributed by atoms with Crippen molar-refractivity contribution in [2.24, 2.45) is 0 Å². The highest BCUT2D eigenvalue weighted by molar-refractivity contribution is 5.08. The topological polar surface area (TPSA) is 15.8 Å². The maximum atomic E-state index is 12.3. The zero-order valence-electron chi connectivity index (χ0n) is 6.40. The highest BCUT2D eigenvalue weighted by Gasteiger charge is 2.20. The van der Waals surface area contributed by atoms with Gasteiger partial charge >= 0.3 is 0 Å². The lowest BCUT2D eigenvalue weighted by Gasteiger charge is -2.07. The number of aryl methyl sites for hydroxylation is 1. The molecule has 0 aromatic carbocycles. The van der Waals surface area contributed by atoms with E-state index in [4.69, 9.17) is 0 Å². The molecule has 11 heavy (non-hydrogen) atoms. The molecule has 1 heterocycles. The van der Waals surface area contributed by atoms with Gasteiger partial charge in [0.05, 0.1) is 0 Å². The predicted molar refractivity (Wildman–Crippen MR) is 39.7 cm³/mol. The number of hydrogen-bond donors (Lipinski definition) is 1. The van der Waals surface area contributed by atoms with E-state index in [9.17, 15) is 8.78 Å². The summed E-state index contributed by atoms with van der Waals surface area (Å²) in [6.45, 7) is 0.944.